The molecule has 3 aliphatic carbocycles. The predicted octanol–water partition coefficient (Wildman–Crippen LogP) is 5.30. The summed E-state index contributed by atoms with van der Waals surface area (Å²) in [6.45, 7) is 8.36. The van der Waals surface area contributed by atoms with Gasteiger partial charge in [0.05, 0.1) is 18.1 Å². The summed E-state index contributed by atoms with van der Waals surface area (Å²) in [6.07, 6.45) is 2.46. The number of ether oxygens (including phenoxy) is 1. The minimum Gasteiger partial charge on any atom is -0.496 e. The molecule has 0 aromatic heterocycles. The monoisotopic (exact) mass is 711 g/mol. The van der Waals surface area contributed by atoms with E-state index in [-0.39, 0.29) is 29.2 Å². The van der Waals surface area contributed by atoms with E-state index in [1.54, 1.807) is 13.2 Å². The summed E-state index contributed by atoms with van der Waals surface area (Å²) in [5, 5.41) is 29.6. The molecule has 0 unspecified atom stereocenters. The molecule has 0 radical (unpaired) electrons. The Hall–Kier alpha value is -4.32. The molecule has 11 nitrogen and oxygen atoms in total. The van der Waals surface area contributed by atoms with Crippen molar-refractivity contribution in [3.05, 3.63) is 93.5 Å². The SMILES string of the molecule is COc1c(CN2CC[C@H](O)[C@H]2C(=O)N[C@H]2C[C@@H]3C[C@H]([C@@H]2C)C3(C)C)cccc1-c1cc(C(=O)N[C@@H](Cc2ccccc2)CN(C)C)cc([N+](=O)[O-])c1. The Kier molecular flexibility index (Phi) is 11.0. The predicted molar refractivity (Wildman–Crippen MR) is 201 cm³/mol. The van der Waals surface area contributed by atoms with E-state index >= 15 is 0 Å². The number of benzene rings is 3. The first-order valence-corrected chi connectivity index (χ1v) is 18.4. The Morgan fingerprint density at radius 2 is 1.85 bits per heavy atom. The summed E-state index contributed by atoms with van der Waals surface area (Å²) in [4.78, 5) is 43.1. The van der Waals surface area contributed by atoms with Crippen LogP contribution < -0.4 is 15.4 Å². The summed E-state index contributed by atoms with van der Waals surface area (Å²) in [6, 6.07) is 19.0. The molecule has 4 aliphatic rings. The number of nitrogens with one attached hydrogen (secondary N) is 2. The molecule has 1 saturated heterocycles. The number of para-hydroxylation sites is 1. The molecule has 2 bridgehead atoms. The van der Waals surface area contributed by atoms with Gasteiger partial charge < -0.3 is 25.4 Å². The third-order valence-corrected chi connectivity index (χ3v) is 12.0. The van der Waals surface area contributed by atoms with Gasteiger partial charge in [0, 0.05) is 60.5 Å². The highest BCUT2D eigenvalue weighted by molar-refractivity contribution is 5.97. The van der Waals surface area contributed by atoms with Gasteiger partial charge in [-0.1, -0.05) is 69.3 Å². The zero-order chi connectivity index (χ0) is 37.3. The lowest BCUT2D eigenvalue weighted by Crippen LogP contribution is -2.62. The number of likely N-dealkylation sites (tertiary alicyclic amines) is 1. The van der Waals surface area contributed by atoms with Crippen LogP contribution in [0.25, 0.3) is 11.1 Å². The molecule has 1 aliphatic heterocycles. The molecule has 3 aromatic carbocycles. The third kappa shape index (κ3) is 7.72. The van der Waals surface area contributed by atoms with Crippen LogP contribution in [0.4, 0.5) is 5.69 Å². The van der Waals surface area contributed by atoms with Crippen molar-refractivity contribution < 1.29 is 24.4 Å². The number of nitro benzene ring substituents is 1. The van der Waals surface area contributed by atoms with Gasteiger partial charge in [-0.3, -0.25) is 24.6 Å². The number of fused-ring (bicyclic) bond motifs is 2. The molecule has 3 aromatic rings. The average Bonchev–Trinajstić information content (AvgIpc) is 3.47. The lowest BCUT2D eigenvalue weighted by Gasteiger charge is -2.62. The van der Waals surface area contributed by atoms with E-state index in [0.29, 0.717) is 72.5 Å². The molecular weight excluding hydrogens is 658 g/mol. The van der Waals surface area contributed by atoms with Gasteiger partial charge in [0.1, 0.15) is 11.8 Å². The van der Waals surface area contributed by atoms with Crippen molar-refractivity contribution in [2.45, 2.75) is 77.2 Å². The number of aliphatic hydroxyl groups is 1. The van der Waals surface area contributed by atoms with Crippen molar-refractivity contribution in [3.8, 4) is 16.9 Å². The Bertz CT molecular complexity index is 1780. The van der Waals surface area contributed by atoms with Crippen molar-refractivity contribution in [3.63, 3.8) is 0 Å². The number of amides is 2. The Morgan fingerprint density at radius 3 is 2.50 bits per heavy atom. The Balaban J connectivity index is 1.23. The Labute approximate surface area is 306 Å². The van der Waals surface area contributed by atoms with E-state index in [9.17, 15) is 24.8 Å². The zero-order valence-corrected chi connectivity index (χ0v) is 31.2. The second-order valence-electron chi connectivity index (χ2n) is 16.0. The van der Waals surface area contributed by atoms with Crippen LogP contribution in [0.5, 0.6) is 5.75 Å². The number of nitrogens with zero attached hydrogens (tertiary/aromatic N) is 3. The van der Waals surface area contributed by atoms with E-state index < -0.39 is 23.0 Å². The number of rotatable bonds is 13. The quantitative estimate of drug-likeness (QED) is 0.161. The summed E-state index contributed by atoms with van der Waals surface area (Å²) in [7, 11) is 5.42. The van der Waals surface area contributed by atoms with Crippen molar-refractivity contribution in [1.82, 2.24) is 20.4 Å². The third-order valence-electron chi connectivity index (χ3n) is 12.0. The van der Waals surface area contributed by atoms with Crippen LogP contribution in [0.15, 0.2) is 66.7 Å². The molecule has 278 valence electrons. The molecule has 7 atom stereocenters. The van der Waals surface area contributed by atoms with E-state index in [4.69, 9.17) is 4.74 Å². The highest BCUT2D eigenvalue weighted by Crippen LogP contribution is 2.61. The maximum absolute atomic E-state index is 13.8. The molecule has 11 heteroatoms. The molecule has 0 spiro atoms. The van der Waals surface area contributed by atoms with Crippen LogP contribution in [0.3, 0.4) is 0 Å². The van der Waals surface area contributed by atoms with E-state index in [1.807, 2.05) is 72.4 Å². The molecule has 3 saturated carbocycles. The lowest BCUT2D eigenvalue weighted by atomic mass is 9.45. The van der Waals surface area contributed by atoms with Crippen LogP contribution in [0, 0.1) is 33.3 Å². The fourth-order valence-corrected chi connectivity index (χ4v) is 9.13. The number of carbonyl (C=O) groups excluding carboxylic acids is 2. The van der Waals surface area contributed by atoms with Crippen LogP contribution >= 0.6 is 0 Å². The first kappa shape index (κ1) is 37.4. The van der Waals surface area contributed by atoms with Crippen molar-refractivity contribution in [2.24, 2.45) is 23.2 Å². The number of likely N-dealkylation sites (N-methyl/N-ethyl adjacent to an activating group) is 1. The summed E-state index contributed by atoms with van der Waals surface area (Å²) < 4.78 is 5.95. The summed E-state index contributed by atoms with van der Waals surface area (Å²) in [5.41, 5.74) is 3.17. The highest BCUT2D eigenvalue weighted by atomic mass is 16.6. The second-order valence-corrected chi connectivity index (χ2v) is 16.0. The topological polar surface area (TPSA) is 137 Å². The minimum absolute atomic E-state index is 0.0913. The first-order chi connectivity index (χ1) is 24.8. The van der Waals surface area contributed by atoms with Gasteiger partial charge in [0.15, 0.2) is 0 Å². The molecule has 52 heavy (non-hydrogen) atoms. The number of hydrogen-bond acceptors (Lipinski definition) is 8. The fourth-order valence-electron chi connectivity index (χ4n) is 9.13. The van der Waals surface area contributed by atoms with Crippen molar-refractivity contribution >= 4 is 17.5 Å². The van der Waals surface area contributed by atoms with E-state index in [1.165, 1.54) is 18.6 Å². The van der Waals surface area contributed by atoms with Crippen molar-refractivity contribution in [1.29, 1.82) is 0 Å². The fraction of sp³-hybridized carbons (Fsp3) is 0.512. The van der Waals surface area contributed by atoms with Crippen LogP contribution in [-0.4, -0.2) is 90.2 Å². The largest absolute Gasteiger partial charge is 0.496 e. The molecule has 1 heterocycles. The van der Waals surface area contributed by atoms with Gasteiger partial charge in [-0.25, -0.2) is 0 Å². The van der Waals surface area contributed by atoms with E-state index in [2.05, 4.69) is 31.4 Å². The zero-order valence-electron chi connectivity index (χ0n) is 31.2. The lowest BCUT2D eigenvalue weighted by molar-refractivity contribution is -0.384. The molecule has 3 N–H and O–H groups in total. The molecular formula is C41H53N5O6. The molecule has 4 fully saturated rings. The van der Waals surface area contributed by atoms with Gasteiger partial charge in [-0.2, -0.15) is 0 Å². The number of aliphatic hydroxyl groups excluding tert-OH is 1. The van der Waals surface area contributed by atoms with Gasteiger partial charge in [-0.05, 0) is 80.1 Å². The molecule has 7 rings (SSSR count). The number of non-ortho nitro benzene ring substituents is 1. The Morgan fingerprint density at radius 1 is 1.10 bits per heavy atom. The van der Waals surface area contributed by atoms with Crippen LogP contribution in [0.1, 0.15) is 61.5 Å². The van der Waals surface area contributed by atoms with Gasteiger partial charge in [0.2, 0.25) is 5.91 Å². The maximum atomic E-state index is 13.8. The molecule has 2 amide bonds. The number of hydrogen-bond donors (Lipinski definition) is 3. The number of methoxy groups -OCH3 is 1. The number of carbonyl (C=O) groups is 2. The van der Waals surface area contributed by atoms with Crippen molar-refractivity contribution in [2.75, 3.05) is 34.3 Å². The van der Waals surface area contributed by atoms with Gasteiger partial charge in [0.25, 0.3) is 11.6 Å². The van der Waals surface area contributed by atoms with E-state index in [0.717, 1.165) is 17.5 Å². The van der Waals surface area contributed by atoms with Crippen LogP contribution in [-0.2, 0) is 17.8 Å². The van der Waals surface area contributed by atoms with Crippen LogP contribution in [0.2, 0.25) is 0 Å². The first-order valence-electron chi connectivity index (χ1n) is 18.4. The summed E-state index contributed by atoms with van der Waals surface area (Å²) >= 11 is 0. The average molecular weight is 712 g/mol. The smallest absolute Gasteiger partial charge is 0.270 e. The minimum atomic E-state index is -0.796. The standard InChI is InChI=1S/C41H53N5O6/c1-25-34-21-30(41(34,2)3)22-35(25)43-40(49)37-36(47)15-16-45(37)23-27-13-10-14-33(38(27)52-6)28-18-29(20-32(19-28)46(50)51)39(48)42-31(24-44(4)5)17-26-11-8-7-9-12-26/h7-14,18-20,25,30-31,34-37,47H,15-17,21-24H2,1-6H3,(H,42,48)(H,43,49)/t25-,30-,31-,34+,35-,36-,37-/m0/s1. The second kappa shape index (κ2) is 15.3. The maximum Gasteiger partial charge on any atom is 0.270 e. The number of nitro groups is 1. The van der Waals surface area contributed by atoms with Gasteiger partial charge in [-0.15, -0.1) is 0 Å². The summed E-state index contributed by atoms with van der Waals surface area (Å²) in [5.74, 6) is 1.50. The normalized spacial score (nSPS) is 25.6. The highest BCUT2D eigenvalue weighted by Gasteiger charge is 2.56. The van der Waals surface area contributed by atoms with Gasteiger partial charge >= 0.3 is 0 Å².